The van der Waals surface area contributed by atoms with E-state index in [0.717, 1.165) is 16.5 Å². The maximum Gasteiger partial charge on any atom is 0.252 e. The van der Waals surface area contributed by atoms with Crippen molar-refractivity contribution in [1.82, 2.24) is 4.98 Å². The van der Waals surface area contributed by atoms with Gasteiger partial charge in [-0.3, -0.25) is 4.79 Å². The Morgan fingerprint density at radius 1 is 1.10 bits per heavy atom. The number of fused-ring (bicyclic) bond motifs is 1. The van der Waals surface area contributed by atoms with Gasteiger partial charge in [-0.25, -0.2) is 0 Å². The summed E-state index contributed by atoms with van der Waals surface area (Å²) in [6.07, 6.45) is 0.327. The Bertz CT molecular complexity index is 891. The van der Waals surface area contributed by atoms with E-state index in [1.54, 1.807) is 12.1 Å². The van der Waals surface area contributed by atoms with Crippen molar-refractivity contribution in [1.29, 1.82) is 5.26 Å². The van der Waals surface area contributed by atoms with Crippen molar-refractivity contribution in [2.75, 3.05) is 0 Å². The number of hydrogen-bond acceptors (Lipinski definition) is 3. The summed E-state index contributed by atoms with van der Waals surface area (Å²) in [4.78, 5) is 14.5. The number of ether oxygens (including phenoxy) is 1. The molecule has 1 N–H and O–H groups in total. The van der Waals surface area contributed by atoms with Gasteiger partial charge in [0.05, 0.1) is 18.0 Å². The van der Waals surface area contributed by atoms with Crippen LogP contribution in [0.15, 0.2) is 59.4 Å². The van der Waals surface area contributed by atoms with E-state index in [1.165, 1.54) is 6.07 Å². The average molecular weight is 276 g/mol. The van der Waals surface area contributed by atoms with Crippen molar-refractivity contribution in [3.05, 3.63) is 70.5 Å². The SMILES string of the molecule is N#CCc1cccc(Oc2cc(=O)[nH]c3ccccc23)c1. The highest BCUT2D eigenvalue weighted by Crippen LogP contribution is 2.27. The van der Waals surface area contributed by atoms with Crippen molar-refractivity contribution in [3.63, 3.8) is 0 Å². The van der Waals surface area contributed by atoms with E-state index >= 15 is 0 Å². The second-order valence-electron chi connectivity index (χ2n) is 4.63. The molecule has 4 nitrogen and oxygen atoms in total. The van der Waals surface area contributed by atoms with Crippen LogP contribution in [-0.4, -0.2) is 4.98 Å². The van der Waals surface area contributed by atoms with Gasteiger partial charge in [0.2, 0.25) is 0 Å². The third kappa shape index (κ3) is 2.77. The highest BCUT2D eigenvalue weighted by molar-refractivity contribution is 5.84. The molecule has 0 spiro atoms. The van der Waals surface area contributed by atoms with Crippen LogP contribution >= 0.6 is 0 Å². The Kier molecular flexibility index (Phi) is 3.40. The minimum absolute atomic E-state index is 0.211. The molecule has 0 aliphatic rings. The summed E-state index contributed by atoms with van der Waals surface area (Å²) < 4.78 is 5.83. The number of rotatable bonds is 3. The van der Waals surface area contributed by atoms with Crippen LogP contribution in [0.4, 0.5) is 0 Å². The standard InChI is InChI=1S/C17H12N2O2/c18-9-8-12-4-3-5-13(10-12)21-16-11-17(20)19-15-7-2-1-6-14(15)16/h1-7,10-11H,8H2,(H,19,20). The lowest BCUT2D eigenvalue weighted by Gasteiger charge is -2.09. The van der Waals surface area contributed by atoms with E-state index in [0.29, 0.717) is 17.9 Å². The first-order valence-electron chi connectivity index (χ1n) is 6.52. The minimum Gasteiger partial charge on any atom is -0.456 e. The quantitative estimate of drug-likeness (QED) is 0.797. The normalized spacial score (nSPS) is 10.2. The van der Waals surface area contributed by atoms with Gasteiger partial charge >= 0.3 is 0 Å². The molecule has 0 bridgehead atoms. The van der Waals surface area contributed by atoms with E-state index in [-0.39, 0.29) is 5.56 Å². The molecule has 102 valence electrons. The number of hydrogen-bond donors (Lipinski definition) is 1. The van der Waals surface area contributed by atoms with Crippen molar-refractivity contribution < 1.29 is 4.74 Å². The molecule has 1 heterocycles. The molecule has 3 rings (SSSR count). The minimum atomic E-state index is -0.211. The summed E-state index contributed by atoms with van der Waals surface area (Å²) in [5.41, 5.74) is 1.40. The summed E-state index contributed by atoms with van der Waals surface area (Å²) in [5, 5.41) is 9.58. The topological polar surface area (TPSA) is 65.9 Å². The summed E-state index contributed by atoms with van der Waals surface area (Å²) >= 11 is 0. The molecule has 2 aromatic carbocycles. The van der Waals surface area contributed by atoms with Gasteiger partial charge in [-0.05, 0) is 29.8 Å². The summed E-state index contributed by atoms with van der Waals surface area (Å²) in [6, 6.07) is 18.3. The van der Waals surface area contributed by atoms with E-state index < -0.39 is 0 Å². The predicted octanol–water partition coefficient (Wildman–Crippen LogP) is 3.39. The number of nitrogens with zero attached hydrogens (tertiary/aromatic N) is 1. The number of aromatic amines is 1. The zero-order valence-corrected chi connectivity index (χ0v) is 11.2. The highest BCUT2D eigenvalue weighted by atomic mass is 16.5. The largest absolute Gasteiger partial charge is 0.456 e. The zero-order chi connectivity index (χ0) is 14.7. The maximum absolute atomic E-state index is 11.7. The van der Waals surface area contributed by atoms with E-state index in [2.05, 4.69) is 11.1 Å². The van der Waals surface area contributed by atoms with Gasteiger partial charge in [0.15, 0.2) is 0 Å². The first-order chi connectivity index (χ1) is 10.3. The van der Waals surface area contributed by atoms with Gasteiger partial charge < -0.3 is 9.72 Å². The van der Waals surface area contributed by atoms with Gasteiger partial charge in [0.25, 0.3) is 5.56 Å². The second-order valence-corrected chi connectivity index (χ2v) is 4.63. The molecule has 3 aromatic rings. The number of nitriles is 1. The molecule has 0 atom stereocenters. The number of aromatic nitrogens is 1. The third-order valence-electron chi connectivity index (χ3n) is 3.12. The Morgan fingerprint density at radius 2 is 1.95 bits per heavy atom. The Morgan fingerprint density at radius 3 is 2.81 bits per heavy atom. The van der Waals surface area contributed by atoms with Gasteiger partial charge in [-0.1, -0.05) is 24.3 Å². The number of para-hydroxylation sites is 1. The smallest absolute Gasteiger partial charge is 0.252 e. The molecule has 0 amide bonds. The van der Waals surface area contributed by atoms with E-state index in [4.69, 9.17) is 10.00 Å². The van der Waals surface area contributed by atoms with Crippen LogP contribution in [0.25, 0.3) is 10.9 Å². The molecule has 0 saturated carbocycles. The molecular weight excluding hydrogens is 264 g/mol. The predicted molar refractivity (Wildman–Crippen MR) is 80.4 cm³/mol. The fourth-order valence-electron chi connectivity index (χ4n) is 2.19. The number of H-pyrrole nitrogens is 1. The third-order valence-corrected chi connectivity index (χ3v) is 3.12. The van der Waals surface area contributed by atoms with Gasteiger partial charge in [0, 0.05) is 11.5 Å². The van der Waals surface area contributed by atoms with Crippen molar-refractivity contribution in [3.8, 4) is 17.6 Å². The van der Waals surface area contributed by atoms with Crippen molar-refractivity contribution >= 4 is 10.9 Å². The second kappa shape index (κ2) is 5.51. The number of pyridine rings is 1. The van der Waals surface area contributed by atoms with Gasteiger partial charge in [-0.15, -0.1) is 0 Å². The van der Waals surface area contributed by atoms with Crippen LogP contribution in [0, 0.1) is 11.3 Å². The molecule has 0 fully saturated rings. The van der Waals surface area contributed by atoms with Crippen LogP contribution in [0.5, 0.6) is 11.5 Å². The van der Waals surface area contributed by atoms with Crippen LogP contribution < -0.4 is 10.3 Å². The molecule has 0 unspecified atom stereocenters. The van der Waals surface area contributed by atoms with E-state index in [1.807, 2.05) is 36.4 Å². The lowest BCUT2D eigenvalue weighted by molar-refractivity contribution is 0.487. The molecule has 0 aliphatic heterocycles. The molecule has 0 radical (unpaired) electrons. The van der Waals surface area contributed by atoms with Crippen LogP contribution in [-0.2, 0) is 6.42 Å². The first-order valence-corrected chi connectivity index (χ1v) is 6.52. The highest BCUT2D eigenvalue weighted by Gasteiger charge is 2.06. The monoisotopic (exact) mass is 276 g/mol. The number of nitrogens with one attached hydrogen (secondary N) is 1. The van der Waals surface area contributed by atoms with Crippen molar-refractivity contribution in [2.45, 2.75) is 6.42 Å². The van der Waals surface area contributed by atoms with Gasteiger partial charge in [0.1, 0.15) is 11.5 Å². The molecular formula is C17H12N2O2. The molecule has 1 aromatic heterocycles. The molecule has 0 aliphatic carbocycles. The average Bonchev–Trinajstić information content (AvgIpc) is 2.48. The Hall–Kier alpha value is -3.06. The summed E-state index contributed by atoms with van der Waals surface area (Å²) in [6.45, 7) is 0. The van der Waals surface area contributed by atoms with Crippen LogP contribution in [0.2, 0.25) is 0 Å². The lowest BCUT2D eigenvalue weighted by Crippen LogP contribution is -2.04. The van der Waals surface area contributed by atoms with E-state index in [9.17, 15) is 4.79 Å². The summed E-state index contributed by atoms with van der Waals surface area (Å²) in [5.74, 6) is 1.11. The van der Waals surface area contributed by atoms with Gasteiger partial charge in [-0.2, -0.15) is 5.26 Å². The summed E-state index contributed by atoms with van der Waals surface area (Å²) in [7, 11) is 0. The maximum atomic E-state index is 11.7. The van der Waals surface area contributed by atoms with Crippen LogP contribution in [0.3, 0.4) is 0 Å². The molecule has 4 heteroatoms. The molecule has 21 heavy (non-hydrogen) atoms. The fraction of sp³-hybridized carbons (Fsp3) is 0.0588. The first kappa shape index (κ1) is 12.9. The fourth-order valence-corrected chi connectivity index (χ4v) is 2.19. The Balaban J connectivity index is 2.04. The van der Waals surface area contributed by atoms with Crippen molar-refractivity contribution in [2.24, 2.45) is 0 Å². The Labute approximate surface area is 121 Å². The zero-order valence-electron chi connectivity index (χ0n) is 11.2. The number of benzene rings is 2. The van der Waals surface area contributed by atoms with Crippen LogP contribution in [0.1, 0.15) is 5.56 Å². The molecule has 0 saturated heterocycles. The lowest BCUT2D eigenvalue weighted by atomic mass is 10.1.